The number of hydrogen-bond donors (Lipinski definition) is 0. The molecule has 352 valence electrons. The molecule has 13 nitrogen and oxygen atoms in total. The van der Waals surface area contributed by atoms with Crippen LogP contribution in [0.1, 0.15) is 110 Å². The third-order valence-electron chi connectivity index (χ3n) is 11.7. The van der Waals surface area contributed by atoms with Crippen molar-refractivity contribution in [3.63, 3.8) is 0 Å². The minimum atomic E-state index is -3.32. The number of carbonyl (C=O) groups is 1. The maximum atomic E-state index is 13.6. The number of carbonyl (C=O) groups excluding carboxylic acids is 1. The number of pyridine rings is 4. The zero-order chi connectivity index (χ0) is 49.0. The van der Waals surface area contributed by atoms with E-state index in [1.165, 1.54) is 23.0 Å². The van der Waals surface area contributed by atoms with Gasteiger partial charge in [0.2, 0.25) is 0 Å². The Hall–Kier alpha value is -5.97. The summed E-state index contributed by atoms with van der Waals surface area (Å²) >= 11 is 0. The van der Waals surface area contributed by atoms with Gasteiger partial charge in [-0.3, -0.25) is 33.6 Å². The van der Waals surface area contributed by atoms with Gasteiger partial charge in [0.15, 0.2) is 25.5 Å². The van der Waals surface area contributed by atoms with E-state index in [0.29, 0.717) is 39.1 Å². The van der Waals surface area contributed by atoms with Crippen LogP contribution in [0, 0.1) is 0 Å². The van der Waals surface area contributed by atoms with Gasteiger partial charge >= 0.3 is 0 Å². The molecule has 2 aromatic carbocycles. The van der Waals surface area contributed by atoms with Gasteiger partial charge in [0.25, 0.3) is 11.1 Å². The lowest BCUT2D eigenvalue weighted by Gasteiger charge is -2.23. The Morgan fingerprint density at radius 2 is 1.22 bits per heavy atom. The molecule has 0 saturated carbocycles. The standard InChI is InChI=1S/C28H34N2O5S2.C23H23N3O3S/c1-7-37(34,35)18-20-8-9-22(27(32)21-10-12-29-13-11-21)24(14-20)25-16-30(6)26(31)15-23(25)19(2)17-36(33)28(3,4)5;1-4-30(28,29)14-16-5-6-18-20(11-16)21-13-26(3)22(27)12-19(21)15(2)25-23(18)17-7-9-24-10-8-17/h8-16,19H,7,17-18H2,1-6H3;5-13,15H,4,14H2,1-3H3/t19-,36-;15-/m10/s1. The SMILES string of the molecule is CCS(=O)(=O)Cc1ccc(C(=O)c2ccncc2)c(-c2cn(C)c(=O)cc2[C@H](C)C[S@@](=O)C(C)(C)C)c1.CCS(=O)(=O)Cc1ccc2c(c1)-c1cn(C)c(=O)cc1[C@H](C)N=C2c1ccncc1. The lowest BCUT2D eigenvalue weighted by Crippen LogP contribution is -2.27. The first-order valence-corrected chi connectivity index (χ1v) is 26.9. The summed E-state index contributed by atoms with van der Waals surface area (Å²) in [5.74, 6) is -0.248. The summed E-state index contributed by atoms with van der Waals surface area (Å²) in [6, 6.07) is 20.7. The van der Waals surface area contributed by atoms with Crippen molar-refractivity contribution < 1.29 is 25.8 Å². The molecular formula is C51H57N5O8S3. The van der Waals surface area contributed by atoms with Crippen LogP contribution >= 0.6 is 0 Å². The fourth-order valence-electron chi connectivity index (χ4n) is 7.71. The fraction of sp³-hybridized carbons (Fsp3) is 0.333. The average molecular weight is 964 g/mol. The van der Waals surface area contributed by atoms with E-state index < -0.39 is 35.2 Å². The molecule has 0 bridgehead atoms. The maximum absolute atomic E-state index is 13.6. The smallest absolute Gasteiger partial charge is 0.250 e. The van der Waals surface area contributed by atoms with E-state index in [2.05, 4.69) is 9.97 Å². The number of sulfone groups is 2. The lowest BCUT2D eigenvalue weighted by molar-refractivity contribution is 0.103. The minimum Gasteiger partial charge on any atom is -0.318 e. The average Bonchev–Trinajstić information content (AvgIpc) is 3.40. The predicted molar refractivity (Wildman–Crippen MR) is 268 cm³/mol. The number of aryl methyl sites for hydroxylation is 2. The Bertz CT molecular complexity index is 3230. The second-order valence-corrected chi connectivity index (χ2v) is 24.7. The van der Waals surface area contributed by atoms with Crippen LogP contribution in [0.3, 0.4) is 0 Å². The van der Waals surface area contributed by atoms with Crippen molar-refractivity contribution in [2.45, 2.75) is 76.7 Å². The highest BCUT2D eigenvalue weighted by Crippen LogP contribution is 2.38. The van der Waals surface area contributed by atoms with Crippen LogP contribution in [0.15, 0.2) is 125 Å². The van der Waals surface area contributed by atoms with Gasteiger partial charge in [-0.15, -0.1) is 0 Å². The van der Waals surface area contributed by atoms with Crippen molar-refractivity contribution in [3.8, 4) is 22.3 Å². The van der Waals surface area contributed by atoms with Crippen molar-refractivity contribution >= 4 is 42.0 Å². The molecule has 1 aliphatic heterocycles. The van der Waals surface area contributed by atoms with Crippen LogP contribution in [0.5, 0.6) is 0 Å². The topological polar surface area (TPSA) is 185 Å². The molecule has 0 unspecified atom stereocenters. The van der Waals surface area contributed by atoms with Crippen LogP contribution in [-0.4, -0.2) is 73.6 Å². The van der Waals surface area contributed by atoms with Crippen molar-refractivity contribution in [2.75, 3.05) is 17.3 Å². The van der Waals surface area contributed by atoms with Gasteiger partial charge in [0, 0.05) is 130 Å². The summed E-state index contributed by atoms with van der Waals surface area (Å²) in [5.41, 5.74) is 8.84. The van der Waals surface area contributed by atoms with Crippen molar-refractivity contribution in [3.05, 3.63) is 175 Å². The van der Waals surface area contributed by atoms with Crippen LogP contribution in [0.2, 0.25) is 0 Å². The van der Waals surface area contributed by atoms with E-state index in [0.717, 1.165) is 39.1 Å². The second-order valence-electron chi connectivity index (χ2n) is 17.8. The first-order chi connectivity index (χ1) is 31.5. The number of hydrogen-bond acceptors (Lipinski definition) is 11. The summed E-state index contributed by atoms with van der Waals surface area (Å²) in [4.78, 5) is 51.6. The van der Waals surface area contributed by atoms with Gasteiger partial charge in [-0.2, -0.15) is 0 Å². The van der Waals surface area contributed by atoms with E-state index in [9.17, 15) is 35.4 Å². The van der Waals surface area contributed by atoms with Crippen LogP contribution < -0.4 is 11.1 Å². The molecule has 16 heteroatoms. The number of fused-ring (bicyclic) bond motifs is 3. The Morgan fingerprint density at radius 3 is 1.79 bits per heavy atom. The highest BCUT2D eigenvalue weighted by Gasteiger charge is 2.27. The number of aliphatic imine (C=N–C) groups is 1. The highest BCUT2D eigenvalue weighted by atomic mass is 32.2. The molecule has 0 fully saturated rings. The number of aromatic nitrogens is 4. The number of rotatable bonds is 13. The maximum Gasteiger partial charge on any atom is 0.250 e. The quantitative estimate of drug-likeness (QED) is 0.105. The largest absolute Gasteiger partial charge is 0.318 e. The Kier molecular flexibility index (Phi) is 15.4. The summed E-state index contributed by atoms with van der Waals surface area (Å²) in [6.45, 7) is 12.8. The molecular weight excluding hydrogens is 907 g/mol. The molecule has 3 atom stereocenters. The molecule has 0 radical (unpaired) electrons. The monoisotopic (exact) mass is 963 g/mol. The van der Waals surface area contributed by atoms with Gasteiger partial charge in [0.05, 0.1) is 23.3 Å². The van der Waals surface area contributed by atoms with E-state index >= 15 is 0 Å². The number of ketones is 1. The van der Waals surface area contributed by atoms with E-state index in [-0.39, 0.29) is 51.9 Å². The minimum absolute atomic E-state index is 0.000765. The van der Waals surface area contributed by atoms with Gasteiger partial charge in [-0.05, 0) is 103 Å². The summed E-state index contributed by atoms with van der Waals surface area (Å²) in [6.07, 6.45) is 10.0. The fourth-order valence-corrected chi connectivity index (χ4v) is 10.6. The molecule has 4 aromatic heterocycles. The number of nitrogens with zero attached hydrogens (tertiary/aromatic N) is 5. The van der Waals surface area contributed by atoms with Gasteiger partial charge in [-0.1, -0.05) is 45.0 Å². The third kappa shape index (κ3) is 12.0. The third-order valence-corrected chi connectivity index (χ3v) is 17.2. The van der Waals surface area contributed by atoms with Crippen molar-refractivity contribution in [1.29, 1.82) is 0 Å². The van der Waals surface area contributed by atoms with E-state index in [1.807, 2.05) is 71.1 Å². The zero-order valence-electron chi connectivity index (χ0n) is 39.3. The van der Waals surface area contributed by atoms with Crippen LogP contribution in [-0.2, 0) is 56.1 Å². The molecule has 0 spiro atoms. The van der Waals surface area contributed by atoms with Gasteiger partial charge < -0.3 is 9.13 Å². The summed E-state index contributed by atoms with van der Waals surface area (Å²) in [7, 11) is -4.31. The zero-order valence-corrected chi connectivity index (χ0v) is 41.8. The Labute approximate surface area is 395 Å². The Morgan fingerprint density at radius 1 is 0.701 bits per heavy atom. The molecule has 0 N–H and O–H groups in total. The van der Waals surface area contributed by atoms with Crippen molar-refractivity contribution in [1.82, 2.24) is 19.1 Å². The van der Waals surface area contributed by atoms with E-state index in [4.69, 9.17) is 4.99 Å². The second kappa shape index (κ2) is 20.5. The van der Waals surface area contributed by atoms with Crippen LogP contribution in [0.25, 0.3) is 22.3 Å². The van der Waals surface area contributed by atoms with Gasteiger partial charge in [-0.25, -0.2) is 16.8 Å². The summed E-state index contributed by atoms with van der Waals surface area (Å²) < 4.78 is 64.7. The molecule has 1 aliphatic rings. The molecule has 0 saturated heterocycles. The number of benzene rings is 2. The van der Waals surface area contributed by atoms with Crippen LogP contribution in [0.4, 0.5) is 0 Å². The van der Waals surface area contributed by atoms with Gasteiger partial charge in [0.1, 0.15) is 0 Å². The lowest BCUT2D eigenvalue weighted by atomic mass is 9.88. The van der Waals surface area contributed by atoms with E-state index in [1.54, 1.807) is 87.5 Å². The molecule has 5 heterocycles. The molecule has 0 amide bonds. The Balaban J connectivity index is 0.000000225. The molecule has 0 aliphatic carbocycles. The highest BCUT2D eigenvalue weighted by molar-refractivity contribution is 7.90. The molecule has 6 aromatic rings. The normalized spacial score (nSPS) is 14.6. The first kappa shape index (κ1) is 50.4. The summed E-state index contributed by atoms with van der Waals surface area (Å²) in [5, 5.41) is 0. The molecule has 67 heavy (non-hydrogen) atoms. The predicted octanol–water partition coefficient (Wildman–Crippen LogP) is 7.56. The molecule has 7 rings (SSSR count). The van der Waals surface area contributed by atoms with Crippen molar-refractivity contribution in [2.24, 2.45) is 19.1 Å². The first-order valence-electron chi connectivity index (χ1n) is 21.9.